The van der Waals surface area contributed by atoms with Crippen LogP contribution >= 0.6 is 0 Å². The molecule has 3 fully saturated rings. The Morgan fingerprint density at radius 3 is 0.935 bits per heavy atom. The van der Waals surface area contributed by atoms with Crippen LogP contribution in [-0.2, 0) is 33.2 Å². The molecule has 1 amide bonds. The van der Waals surface area contributed by atoms with Crippen LogP contribution < -0.4 is 5.32 Å². The highest BCUT2D eigenvalue weighted by Gasteiger charge is 2.54. The Labute approximate surface area is 651 Å². The van der Waals surface area contributed by atoms with Gasteiger partial charge in [-0.05, 0) is 44.9 Å². The Balaban J connectivity index is 1.35. The summed E-state index contributed by atoms with van der Waals surface area (Å²) in [7, 11) is 0. The molecule has 630 valence electrons. The fourth-order valence-corrected chi connectivity index (χ4v) is 15.3. The van der Waals surface area contributed by atoms with Gasteiger partial charge in [-0.25, -0.2) is 0 Å². The molecular weight excluding hydrogens is 1360 g/mol. The first-order valence-corrected chi connectivity index (χ1v) is 44.7. The van der Waals surface area contributed by atoms with E-state index in [1.54, 1.807) is 6.08 Å². The van der Waals surface area contributed by atoms with Gasteiger partial charge in [0.2, 0.25) is 5.91 Å². The molecule has 0 aromatic heterocycles. The molecule has 0 aromatic carbocycles. The molecular formula is C88H165NO18. The van der Waals surface area contributed by atoms with Crippen LogP contribution in [0.25, 0.3) is 0 Å². The second kappa shape index (κ2) is 68.4. The van der Waals surface area contributed by atoms with Crippen molar-refractivity contribution in [3.05, 3.63) is 36.5 Å². The lowest BCUT2D eigenvalue weighted by atomic mass is 9.96. The maximum Gasteiger partial charge on any atom is 0.220 e. The number of amides is 1. The number of rotatable bonds is 73. The molecule has 3 aliphatic heterocycles. The predicted octanol–water partition coefficient (Wildman–Crippen LogP) is 16.6. The van der Waals surface area contributed by atoms with Crippen molar-refractivity contribution in [2.24, 2.45) is 0 Å². The van der Waals surface area contributed by atoms with E-state index in [0.717, 1.165) is 44.9 Å². The van der Waals surface area contributed by atoms with Crippen molar-refractivity contribution in [1.82, 2.24) is 5.32 Å². The standard InChI is InChI=1S/C88H165NO18/c1-3-5-7-9-11-13-15-17-19-21-23-25-27-29-31-33-34-35-36-38-39-41-43-45-47-49-51-53-55-57-59-61-63-65-72(93)71(89-76(94)66-64-62-60-58-56-54-52-50-48-46-44-42-40-37-32-30-28-26-24-22-20-18-16-14-12-10-8-6-4-2)70-102-86-82(100)79(97)84(74(68-91)104-86)107-88-83(101)80(98)85(75(69-92)105-88)106-87-81(99)78(96)77(95)73(67-90)103-87/h47,49,55,57,63,65,71-75,77-88,90-93,95-101H,3-46,48,50-54,56,58-62,64,66-70H2,1-2H3,(H,89,94)/b49-47+,57-55+,65-63+. The Bertz CT molecular complexity index is 2070. The minimum atomic E-state index is -1.98. The second-order valence-corrected chi connectivity index (χ2v) is 32.1. The van der Waals surface area contributed by atoms with Gasteiger partial charge < -0.3 is 89.9 Å². The Kier molecular flexibility index (Phi) is 63.4. The van der Waals surface area contributed by atoms with Crippen LogP contribution in [0.1, 0.15) is 386 Å². The summed E-state index contributed by atoms with van der Waals surface area (Å²) in [6, 6.07) is -0.997. The normalized spacial score (nSPS) is 25.6. The zero-order chi connectivity index (χ0) is 77.4. The van der Waals surface area contributed by atoms with Crippen LogP contribution in [0.5, 0.6) is 0 Å². The SMILES string of the molecule is CCCCCCCCCCCCCCCCCCCCCCCCC/C=C/CC/C=C/CC/C=C/C(O)C(COC1OC(CO)C(OC2OC(CO)C(OC3OC(CO)C(O)C(O)C3O)C(O)C2O)C(O)C1O)NC(=O)CCCCCCCCCCCCCCCCCCCCCCCCCCCCCCC. The van der Waals surface area contributed by atoms with E-state index in [9.17, 15) is 61.0 Å². The molecule has 17 atom stereocenters. The Morgan fingerprint density at radius 2 is 0.598 bits per heavy atom. The van der Waals surface area contributed by atoms with Gasteiger partial charge in [-0.3, -0.25) is 4.79 Å². The monoisotopic (exact) mass is 1520 g/mol. The average Bonchev–Trinajstić information content (AvgIpc) is 0.782. The number of carbonyl (C=O) groups is 1. The summed E-state index contributed by atoms with van der Waals surface area (Å²) in [5, 5.41) is 121. The number of allylic oxidation sites excluding steroid dienone is 5. The van der Waals surface area contributed by atoms with Gasteiger partial charge in [-0.1, -0.05) is 371 Å². The first-order valence-electron chi connectivity index (χ1n) is 44.7. The van der Waals surface area contributed by atoms with Crippen LogP contribution in [0.4, 0.5) is 0 Å². The second-order valence-electron chi connectivity index (χ2n) is 32.1. The van der Waals surface area contributed by atoms with Crippen LogP contribution in [0.2, 0.25) is 0 Å². The summed E-state index contributed by atoms with van der Waals surface area (Å²) in [4.78, 5) is 13.5. The summed E-state index contributed by atoms with van der Waals surface area (Å²) < 4.78 is 34.5. The van der Waals surface area contributed by atoms with E-state index in [4.69, 9.17) is 28.4 Å². The van der Waals surface area contributed by atoms with E-state index in [1.165, 1.54) is 308 Å². The number of unbranched alkanes of at least 4 members (excludes halogenated alkanes) is 53. The summed E-state index contributed by atoms with van der Waals surface area (Å²) in [6.45, 7) is 1.78. The zero-order valence-electron chi connectivity index (χ0n) is 67.9. The van der Waals surface area contributed by atoms with Crippen molar-refractivity contribution in [3.63, 3.8) is 0 Å². The van der Waals surface area contributed by atoms with Crippen LogP contribution in [0.15, 0.2) is 36.5 Å². The summed E-state index contributed by atoms with van der Waals surface area (Å²) in [6.07, 6.45) is 60.2. The van der Waals surface area contributed by atoms with Gasteiger partial charge in [0.25, 0.3) is 0 Å². The lowest BCUT2D eigenvalue weighted by Gasteiger charge is -2.48. The van der Waals surface area contributed by atoms with E-state index in [2.05, 4.69) is 43.5 Å². The van der Waals surface area contributed by atoms with E-state index in [1.807, 2.05) is 6.08 Å². The highest BCUT2D eigenvalue weighted by atomic mass is 16.8. The quantitative estimate of drug-likeness (QED) is 0.0199. The third kappa shape index (κ3) is 47.5. The third-order valence-electron chi connectivity index (χ3n) is 22.4. The number of hydrogen-bond acceptors (Lipinski definition) is 18. The molecule has 17 unspecified atom stereocenters. The smallest absolute Gasteiger partial charge is 0.220 e. The molecule has 0 aliphatic carbocycles. The van der Waals surface area contributed by atoms with Crippen LogP contribution in [0.3, 0.4) is 0 Å². The van der Waals surface area contributed by atoms with E-state index >= 15 is 0 Å². The molecule has 12 N–H and O–H groups in total. The number of ether oxygens (including phenoxy) is 6. The molecule has 0 saturated carbocycles. The lowest BCUT2D eigenvalue weighted by molar-refractivity contribution is -0.379. The first kappa shape index (κ1) is 99.2. The Morgan fingerprint density at radius 1 is 0.327 bits per heavy atom. The fourth-order valence-electron chi connectivity index (χ4n) is 15.3. The molecule has 0 aromatic rings. The predicted molar refractivity (Wildman–Crippen MR) is 429 cm³/mol. The van der Waals surface area contributed by atoms with Crippen molar-refractivity contribution in [2.75, 3.05) is 26.4 Å². The van der Waals surface area contributed by atoms with Gasteiger partial charge in [0.1, 0.15) is 73.2 Å². The maximum atomic E-state index is 13.5. The molecule has 3 rings (SSSR count). The number of carbonyl (C=O) groups excluding carboxylic acids is 1. The minimum absolute atomic E-state index is 0.237. The maximum absolute atomic E-state index is 13.5. The number of aliphatic hydroxyl groups is 11. The Hall–Kier alpha value is -1.99. The molecule has 0 bridgehead atoms. The third-order valence-corrected chi connectivity index (χ3v) is 22.4. The van der Waals surface area contributed by atoms with Crippen molar-refractivity contribution in [3.8, 4) is 0 Å². The molecule has 3 aliphatic rings. The van der Waals surface area contributed by atoms with Gasteiger partial charge in [-0.2, -0.15) is 0 Å². The van der Waals surface area contributed by atoms with Crippen molar-refractivity contribution in [2.45, 2.75) is 491 Å². The van der Waals surface area contributed by atoms with Gasteiger partial charge in [0.05, 0.1) is 38.6 Å². The van der Waals surface area contributed by atoms with Gasteiger partial charge in [0.15, 0.2) is 18.9 Å². The summed E-state index contributed by atoms with van der Waals surface area (Å²) in [5.74, 6) is -0.281. The number of nitrogens with one attached hydrogen (secondary N) is 1. The minimum Gasteiger partial charge on any atom is -0.394 e. The highest BCUT2D eigenvalue weighted by Crippen LogP contribution is 2.34. The van der Waals surface area contributed by atoms with Gasteiger partial charge in [0, 0.05) is 6.42 Å². The molecule has 0 radical (unpaired) electrons. The van der Waals surface area contributed by atoms with Gasteiger partial charge >= 0.3 is 0 Å². The topological polar surface area (TPSA) is 307 Å². The lowest BCUT2D eigenvalue weighted by Crippen LogP contribution is -2.66. The molecule has 3 heterocycles. The highest BCUT2D eigenvalue weighted by molar-refractivity contribution is 5.76. The zero-order valence-corrected chi connectivity index (χ0v) is 67.9. The van der Waals surface area contributed by atoms with Gasteiger partial charge in [-0.15, -0.1) is 0 Å². The largest absolute Gasteiger partial charge is 0.394 e. The summed E-state index contributed by atoms with van der Waals surface area (Å²) in [5.41, 5.74) is 0. The van der Waals surface area contributed by atoms with Crippen molar-refractivity contribution >= 4 is 5.91 Å². The van der Waals surface area contributed by atoms with E-state index in [0.29, 0.717) is 12.8 Å². The molecule has 19 nitrogen and oxygen atoms in total. The van der Waals surface area contributed by atoms with Crippen LogP contribution in [-0.4, -0.2) is 193 Å². The summed E-state index contributed by atoms with van der Waals surface area (Å²) >= 11 is 0. The molecule has 0 spiro atoms. The molecule has 107 heavy (non-hydrogen) atoms. The first-order chi connectivity index (χ1) is 52.3. The number of aliphatic hydroxyl groups excluding tert-OH is 11. The van der Waals surface area contributed by atoms with Crippen molar-refractivity contribution in [1.29, 1.82) is 0 Å². The van der Waals surface area contributed by atoms with E-state index in [-0.39, 0.29) is 18.9 Å². The fraction of sp³-hybridized carbons (Fsp3) is 0.920. The molecule has 19 heteroatoms. The van der Waals surface area contributed by atoms with E-state index < -0.39 is 124 Å². The molecule has 3 saturated heterocycles. The van der Waals surface area contributed by atoms with Crippen molar-refractivity contribution < 1.29 is 89.4 Å². The van der Waals surface area contributed by atoms with Crippen LogP contribution in [0, 0.1) is 0 Å². The average molecular weight is 1530 g/mol. The number of hydrogen-bond donors (Lipinski definition) is 12.